The van der Waals surface area contributed by atoms with Gasteiger partial charge in [0.25, 0.3) is 0 Å². The van der Waals surface area contributed by atoms with E-state index in [2.05, 4.69) is 0 Å². The molecule has 3 rings (SSSR count). The van der Waals surface area contributed by atoms with Crippen molar-refractivity contribution in [1.29, 1.82) is 0 Å². The predicted octanol–water partition coefficient (Wildman–Crippen LogP) is 4.84. The van der Waals surface area contributed by atoms with Crippen LogP contribution < -0.4 is 4.74 Å². The number of methoxy groups -OCH3 is 1. The van der Waals surface area contributed by atoms with Crippen LogP contribution in [-0.4, -0.2) is 12.2 Å². The number of rotatable bonds is 3. The number of ether oxygens (including phenoxy) is 1. The van der Waals surface area contributed by atoms with Gasteiger partial charge in [-0.25, -0.2) is 4.39 Å². The molecular weight excluding hydrogens is 279 g/mol. The van der Waals surface area contributed by atoms with Gasteiger partial charge in [0.1, 0.15) is 5.75 Å². The Bertz CT molecular complexity index is 827. The van der Waals surface area contributed by atoms with Gasteiger partial charge in [0.2, 0.25) is 0 Å². The fourth-order valence-electron chi connectivity index (χ4n) is 2.75. The number of phenols is 1. The Balaban J connectivity index is 2.07. The molecule has 0 radical (unpaired) electrons. The quantitative estimate of drug-likeness (QED) is 0.749. The van der Waals surface area contributed by atoms with Gasteiger partial charge in [0.05, 0.1) is 7.11 Å². The highest BCUT2D eigenvalue weighted by Crippen LogP contribution is 2.37. The number of fused-ring (bicyclic) bond motifs is 1. The van der Waals surface area contributed by atoms with E-state index >= 15 is 0 Å². The molecule has 1 unspecified atom stereocenters. The van der Waals surface area contributed by atoms with Crippen LogP contribution >= 0.6 is 0 Å². The third kappa shape index (κ3) is 2.39. The van der Waals surface area contributed by atoms with Crippen LogP contribution in [0.5, 0.6) is 11.5 Å². The molecular formula is C19H17FO2. The van der Waals surface area contributed by atoms with Crippen molar-refractivity contribution in [2.75, 3.05) is 7.11 Å². The Morgan fingerprint density at radius 1 is 1.05 bits per heavy atom. The van der Waals surface area contributed by atoms with Crippen LogP contribution in [0.4, 0.5) is 4.39 Å². The molecule has 0 aliphatic carbocycles. The second kappa shape index (κ2) is 5.68. The largest absolute Gasteiger partial charge is 0.507 e. The predicted molar refractivity (Wildman–Crippen MR) is 86.1 cm³/mol. The molecule has 0 fully saturated rings. The smallest absolute Gasteiger partial charge is 0.165 e. The molecule has 0 saturated heterocycles. The van der Waals surface area contributed by atoms with Gasteiger partial charge < -0.3 is 9.84 Å². The first-order valence-electron chi connectivity index (χ1n) is 7.16. The normalized spacial score (nSPS) is 12.3. The number of hydrogen-bond acceptors (Lipinski definition) is 2. The molecule has 0 aliphatic rings. The first-order chi connectivity index (χ1) is 10.6. The molecule has 3 aromatic carbocycles. The Hall–Kier alpha value is -2.55. The van der Waals surface area contributed by atoms with Gasteiger partial charge in [0, 0.05) is 16.9 Å². The average Bonchev–Trinajstić information content (AvgIpc) is 2.55. The molecule has 112 valence electrons. The molecule has 0 spiro atoms. The topological polar surface area (TPSA) is 29.5 Å². The average molecular weight is 296 g/mol. The standard InChI is InChI=1S/C19H17FO2/c1-12(14-8-10-18(22-2)17(20)11-14)15-9-7-13-5-3-4-6-16(13)19(15)21/h3-12,21H,1-2H3. The SMILES string of the molecule is COc1ccc(C(C)c2ccc3ccccc3c2O)cc1F. The maximum absolute atomic E-state index is 13.9. The van der Waals surface area contributed by atoms with Gasteiger partial charge in [-0.2, -0.15) is 0 Å². The van der Waals surface area contributed by atoms with Crippen LogP contribution in [0.3, 0.4) is 0 Å². The zero-order chi connectivity index (χ0) is 15.7. The fraction of sp³-hybridized carbons (Fsp3) is 0.158. The lowest BCUT2D eigenvalue weighted by molar-refractivity contribution is 0.386. The van der Waals surface area contributed by atoms with Crippen LogP contribution in [0.2, 0.25) is 0 Å². The molecule has 0 aliphatic heterocycles. The number of benzene rings is 3. The number of aromatic hydroxyl groups is 1. The Morgan fingerprint density at radius 3 is 2.55 bits per heavy atom. The maximum atomic E-state index is 13.9. The van der Waals surface area contributed by atoms with Crippen molar-refractivity contribution >= 4 is 10.8 Å². The molecule has 0 bridgehead atoms. The van der Waals surface area contributed by atoms with Crippen LogP contribution in [0.15, 0.2) is 54.6 Å². The molecule has 22 heavy (non-hydrogen) atoms. The number of halogens is 1. The van der Waals surface area contributed by atoms with Crippen molar-refractivity contribution in [2.24, 2.45) is 0 Å². The van der Waals surface area contributed by atoms with E-state index < -0.39 is 5.82 Å². The van der Waals surface area contributed by atoms with Gasteiger partial charge in [-0.15, -0.1) is 0 Å². The van der Waals surface area contributed by atoms with Crippen LogP contribution in [-0.2, 0) is 0 Å². The Kier molecular flexibility index (Phi) is 3.72. The Morgan fingerprint density at radius 2 is 1.82 bits per heavy atom. The highest BCUT2D eigenvalue weighted by Gasteiger charge is 2.16. The van der Waals surface area contributed by atoms with E-state index in [0.29, 0.717) is 0 Å². The second-order valence-corrected chi connectivity index (χ2v) is 5.34. The molecule has 3 aromatic rings. The van der Waals surface area contributed by atoms with E-state index in [1.165, 1.54) is 13.2 Å². The lowest BCUT2D eigenvalue weighted by Gasteiger charge is -2.16. The summed E-state index contributed by atoms with van der Waals surface area (Å²) in [5.74, 6) is -0.0438. The van der Waals surface area contributed by atoms with Gasteiger partial charge in [-0.05, 0) is 23.1 Å². The molecule has 0 heterocycles. The third-order valence-corrected chi connectivity index (χ3v) is 4.07. The molecule has 1 atom stereocenters. The van der Waals surface area contributed by atoms with Crippen molar-refractivity contribution in [3.8, 4) is 11.5 Å². The summed E-state index contributed by atoms with van der Waals surface area (Å²) in [6.45, 7) is 1.95. The fourth-order valence-corrected chi connectivity index (χ4v) is 2.75. The van der Waals surface area contributed by atoms with Crippen molar-refractivity contribution < 1.29 is 14.2 Å². The third-order valence-electron chi connectivity index (χ3n) is 4.07. The van der Waals surface area contributed by atoms with E-state index in [9.17, 15) is 9.50 Å². The van der Waals surface area contributed by atoms with E-state index in [4.69, 9.17) is 4.74 Å². The summed E-state index contributed by atoms with van der Waals surface area (Å²) in [4.78, 5) is 0. The molecule has 2 nitrogen and oxygen atoms in total. The van der Waals surface area contributed by atoms with Gasteiger partial charge >= 0.3 is 0 Å². The van der Waals surface area contributed by atoms with Gasteiger partial charge in [-0.1, -0.05) is 49.4 Å². The molecule has 0 aromatic heterocycles. The summed E-state index contributed by atoms with van der Waals surface area (Å²) in [7, 11) is 1.44. The van der Waals surface area contributed by atoms with E-state index in [-0.39, 0.29) is 17.4 Å². The van der Waals surface area contributed by atoms with Crippen LogP contribution in [0.25, 0.3) is 10.8 Å². The van der Waals surface area contributed by atoms with Crippen molar-refractivity contribution in [1.82, 2.24) is 0 Å². The number of hydrogen-bond donors (Lipinski definition) is 1. The minimum atomic E-state index is -0.396. The van der Waals surface area contributed by atoms with Crippen LogP contribution in [0, 0.1) is 5.82 Å². The molecule has 0 amide bonds. The lowest BCUT2D eigenvalue weighted by atomic mass is 9.90. The monoisotopic (exact) mass is 296 g/mol. The summed E-state index contributed by atoms with van der Waals surface area (Å²) in [5, 5.41) is 12.3. The summed E-state index contributed by atoms with van der Waals surface area (Å²) in [6.07, 6.45) is 0. The highest BCUT2D eigenvalue weighted by atomic mass is 19.1. The van der Waals surface area contributed by atoms with Crippen molar-refractivity contribution in [2.45, 2.75) is 12.8 Å². The minimum Gasteiger partial charge on any atom is -0.507 e. The molecule has 3 heteroatoms. The molecule has 0 saturated carbocycles. The first-order valence-corrected chi connectivity index (χ1v) is 7.16. The number of phenolic OH excluding ortho intramolecular Hbond substituents is 1. The summed E-state index contributed by atoms with van der Waals surface area (Å²) < 4.78 is 18.8. The van der Waals surface area contributed by atoms with Gasteiger partial charge in [-0.3, -0.25) is 0 Å². The minimum absolute atomic E-state index is 0.120. The zero-order valence-corrected chi connectivity index (χ0v) is 12.5. The highest BCUT2D eigenvalue weighted by molar-refractivity contribution is 5.89. The van der Waals surface area contributed by atoms with Gasteiger partial charge in [0.15, 0.2) is 11.6 Å². The van der Waals surface area contributed by atoms with E-state index in [1.807, 2.05) is 49.4 Å². The van der Waals surface area contributed by atoms with Crippen molar-refractivity contribution in [3.05, 3.63) is 71.5 Å². The first kappa shape index (κ1) is 14.4. The van der Waals surface area contributed by atoms with E-state index in [0.717, 1.165) is 21.9 Å². The van der Waals surface area contributed by atoms with Crippen molar-refractivity contribution in [3.63, 3.8) is 0 Å². The summed E-state index contributed by atoms with van der Waals surface area (Å²) in [6, 6.07) is 16.4. The van der Waals surface area contributed by atoms with E-state index in [1.54, 1.807) is 6.07 Å². The summed E-state index contributed by atoms with van der Waals surface area (Å²) >= 11 is 0. The summed E-state index contributed by atoms with van der Waals surface area (Å²) in [5.41, 5.74) is 1.58. The lowest BCUT2D eigenvalue weighted by Crippen LogP contribution is -1.99. The second-order valence-electron chi connectivity index (χ2n) is 5.34. The Labute approximate surface area is 128 Å². The molecule has 1 N–H and O–H groups in total. The zero-order valence-electron chi connectivity index (χ0n) is 12.5. The maximum Gasteiger partial charge on any atom is 0.165 e. The van der Waals surface area contributed by atoms with Crippen LogP contribution in [0.1, 0.15) is 24.0 Å².